The van der Waals surface area contributed by atoms with Gasteiger partial charge in [-0.1, -0.05) is 0 Å². The minimum atomic E-state index is -4.36. The lowest BCUT2D eigenvalue weighted by Crippen LogP contribution is -2.30. The van der Waals surface area contributed by atoms with Crippen molar-refractivity contribution >= 4 is 0 Å². The van der Waals surface area contributed by atoms with E-state index >= 15 is 0 Å². The second kappa shape index (κ2) is 5.75. The van der Waals surface area contributed by atoms with Gasteiger partial charge in [0.2, 0.25) is 0 Å². The van der Waals surface area contributed by atoms with Crippen LogP contribution in [0.15, 0.2) is 18.7 Å². The molecule has 1 atom stereocenters. The predicted octanol–water partition coefficient (Wildman–Crippen LogP) is 1.99. The molecule has 3 rings (SSSR count). The molecule has 2 aromatic rings. The number of aryl methyl sites for hydroxylation is 2. The highest BCUT2D eigenvalue weighted by atomic mass is 19.4. The van der Waals surface area contributed by atoms with Gasteiger partial charge in [-0.05, 0) is 12.3 Å². The summed E-state index contributed by atoms with van der Waals surface area (Å²) in [4.78, 5) is 7.74. The first-order valence-corrected chi connectivity index (χ1v) is 7.22. The number of imidazole rings is 2. The summed E-state index contributed by atoms with van der Waals surface area (Å²) in [6.45, 7) is 2.05. The van der Waals surface area contributed by atoms with E-state index in [1.54, 1.807) is 17.1 Å². The van der Waals surface area contributed by atoms with Gasteiger partial charge < -0.3 is 14.5 Å². The van der Waals surface area contributed by atoms with Crippen molar-refractivity contribution in [2.24, 2.45) is 13.0 Å². The molecule has 0 spiro atoms. The minimum absolute atomic E-state index is 0.316. The number of nitrogens with one attached hydrogen (secondary N) is 1. The van der Waals surface area contributed by atoms with Crippen LogP contribution in [0, 0.1) is 5.92 Å². The summed E-state index contributed by atoms with van der Waals surface area (Å²) in [5.74, 6) is 0.853. The Morgan fingerprint density at radius 3 is 2.91 bits per heavy atom. The Morgan fingerprint density at radius 2 is 2.23 bits per heavy atom. The summed E-state index contributed by atoms with van der Waals surface area (Å²) < 4.78 is 41.6. The van der Waals surface area contributed by atoms with Gasteiger partial charge >= 0.3 is 6.18 Å². The van der Waals surface area contributed by atoms with Gasteiger partial charge in [-0.2, -0.15) is 13.2 Å². The SMILES string of the molecule is Cn1cncc1CNC[C@@H]1CCc2nc(C(F)(F)F)cn2C1. The lowest BCUT2D eigenvalue weighted by Gasteiger charge is -2.24. The molecule has 120 valence electrons. The molecule has 0 fully saturated rings. The fourth-order valence-electron chi connectivity index (χ4n) is 2.78. The third-order valence-electron chi connectivity index (χ3n) is 4.04. The normalized spacial score (nSPS) is 18.5. The summed E-state index contributed by atoms with van der Waals surface area (Å²) in [5, 5.41) is 3.35. The van der Waals surface area contributed by atoms with Gasteiger partial charge in [-0.3, -0.25) is 0 Å². The van der Waals surface area contributed by atoms with Crippen LogP contribution in [0.1, 0.15) is 23.6 Å². The Hall–Kier alpha value is -1.83. The highest BCUT2D eigenvalue weighted by molar-refractivity contribution is 5.10. The zero-order valence-corrected chi connectivity index (χ0v) is 12.3. The molecule has 2 aromatic heterocycles. The van der Waals surface area contributed by atoms with E-state index in [2.05, 4.69) is 15.3 Å². The highest BCUT2D eigenvalue weighted by Crippen LogP contribution is 2.30. The van der Waals surface area contributed by atoms with Gasteiger partial charge in [0.1, 0.15) is 5.82 Å². The van der Waals surface area contributed by atoms with Crippen molar-refractivity contribution in [2.45, 2.75) is 32.1 Å². The molecule has 0 saturated carbocycles. The van der Waals surface area contributed by atoms with Crippen molar-refractivity contribution in [1.82, 2.24) is 24.4 Å². The van der Waals surface area contributed by atoms with Crippen molar-refractivity contribution < 1.29 is 13.2 Å². The van der Waals surface area contributed by atoms with Gasteiger partial charge in [0.25, 0.3) is 0 Å². The lowest BCUT2D eigenvalue weighted by atomic mass is 9.99. The van der Waals surface area contributed by atoms with Crippen LogP contribution in [0.5, 0.6) is 0 Å². The summed E-state index contributed by atoms with van der Waals surface area (Å²) >= 11 is 0. The van der Waals surface area contributed by atoms with E-state index < -0.39 is 11.9 Å². The molecule has 0 aliphatic carbocycles. The number of rotatable bonds is 4. The predicted molar refractivity (Wildman–Crippen MR) is 74.0 cm³/mol. The smallest absolute Gasteiger partial charge is 0.337 e. The first kappa shape index (κ1) is 15.1. The van der Waals surface area contributed by atoms with Crippen LogP contribution in [0.2, 0.25) is 0 Å². The van der Waals surface area contributed by atoms with Gasteiger partial charge in [-0.15, -0.1) is 0 Å². The molecule has 3 heterocycles. The number of halogens is 3. The van der Waals surface area contributed by atoms with Crippen molar-refractivity contribution in [3.8, 4) is 0 Å². The molecule has 1 aliphatic heterocycles. The maximum Gasteiger partial charge on any atom is 0.434 e. The molecule has 0 bridgehead atoms. The molecule has 0 saturated heterocycles. The first-order chi connectivity index (χ1) is 10.4. The molecule has 1 N–H and O–H groups in total. The summed E-state index contributed by atoms with van der Waals surface area (Å²) in [6.07, 6.45) is 1.76. The minimum Gasteiger partial charge on any atom is -0.337 e. The summed E-state index contributed by atoms with van der Waals surface area (Å²) in [7, 11) is 1.93. The highest BCUT2D eigenvalue weighted by Gasteiger charge is 2.35. The van der Waals surface area contributed by atoms with Crippen LogP contribution in [-0.4, -0.2) is 25.6 Å². The molecule has 0 radical (unpaired) electrons. The van der Waals surface area contributed by atoms with Crippen molar-refractivity contribution in [3.05, 3.63) is 35.9 Å². The molecule has 8 heteroatoms. The zero-order chi connectivity index (χ0) is 15.7. The second-order valence-corrected chi connectivity index (χ2v) is 5.72. The Morgan fingerprint density at radius 1 is 1.41 bits per heavy atom. The van der Waals surface area contributed by atoms with Gasteiger partial charge in [0.05, 0.1) is 12.0 Å². The van der Waals surface area contributed by atoms with Crippen molar-refractivity contribution in [3.63, 3.8) is 0 Å². The lowest BCUT2D eigenvalue weighted by molar-refractivity contribution is -0.141. The molecule has 1 aliphatic rings. The number of hydrogen-bond acceptors (Lipinski definition) is 3. The van der Waals surface area contributed by atoms with Crippen molar-refractivity contribution in [1.29, 1.82) is 0 Å². The van der Waals surface area contributed by atoms with Crippen LogP contribution < -0.4 is 5.32 Å². The summed E-state index contributed by atoms with van der Waals surface area (Å²) in [6, 6.07) is 0. The third-order valence-corrected chi connectivity index (χ3v) is 4.04. The van der Waals surface area contributed by atoms with Crippen LogP contribution >= 0.6 is 0 Å². The Balaban J connectivity index is 1.55. The van der Waals surface area contributed by atoms with Gasteiger partial charge in [-0.25, -0.2) is 9.97 Å². The number of hydrogen-bond donors (Lipinski definition) is 1. The fraction of sp³-hybridized carbons (Fsp3) is 0.571. The van der Waals surface area contributed by atoms with E-state index in [4.69, 9.17) is 0 Å². The van der Waals surface area contributed by atoms with Crippen molar-refractivity contribution in [2.75, 3.05) is 6.54 Å². The van der Waals surface area contributed by atoms with Crippen LogP contribution in [0.3, 0.4) is 0 Å². The molecular formula is C14H18F3N5. The Kier molecular flexibility index (Phi) is 3.94. The number of alkyl halides is 3. The van der Waals surface area contributed by atoms with E-state index in [1.807, 2.05) is 11.6 Å². The number of fused-ring (bicyclic) bond motifs is 1. The van der Waals surface area contributed by atoms with E-state index in [0.29, 0.717) is 31.3 Å². The topological polar surface area (TPSA) is 47.7 Å². The van der Waals surface area contributed by atoms with Gasteiger partial charge in [0, 0.05) is 45.5 Å². The fourth-order valence-corrected chi connectivity index (χ4v) is 2.78. The largest absolute Gasteiger partial charge is 0.434 e. The van der Waals surface area contributed by atoms with Gasteiger partial charge in [0.15, 0.2) is 5.69 Å². The van der Waals surface area contributed by atoms with Crippen LogP contribution in [-0.2, 0) is 32.7 Å². The van der Waals surface area contributed by atoms with E-state index in [9.17, 15) is 13.2 Å². The van der Waals surface area contributed by atoms with E-state index in [-0.39, 0.29) is 0 Å². The monoisotopic (exact) mass is 313 g/mol. The first-order valence-electron chi connectivity index (χ1n) is 7.22. The number of nitrogens with zero attached hydrogens (tertiary/aromatic N) is 4. The molecule has 0 unspecified atom stereocenters. The quantitative estimate of drug-likeness (QED) is 0.939. The Labute approximate surface area is 126 Å². The molecular weight excluding hydrogens is 295 g/mol. The number of aromatic nitrogens is 4. The standard InChI is InChI=1S/C14H18F3N5/c1-21-9-19-6-11(21)5-18-4-10-2-3-13-20-12(14(15,16)17)8-22(13)7-10/h6,8-10,18H,2-5,7H2,1H3/t10-/m0/s1. The Bertz CT molecular complexity index is 643. The molecule has 5 nitrogen and oxygen atoms in total. The second-order valence-electron chi connectivity index (χ2n) is 5.72. The van der Waals surface area contributed by atoms with E-state index in [0.717, 1.165) is 24.9 Å². The average Bonchev–Trinajstić information content (AvgIpc) is 3.04. The third kappa shape index (κ3) is 3.16. The van der Waals surface area contributed by atoms with Crippen LogP contribution in [0.25, 0.3) is 0 Å². The van der Waals surface area contributed by atoms with Crippen LogP contribution in [0.4, 0.5) is 13.2 Å². The molecule has 22 heavy (non-hydrogen) atoms. The maximum absolute atomic E-state index is 12.7. The molecule has 0 amide bonds. The zero-order valence-electron chi connectivity index (χ0n) is 12.3. The average molecular weight is 313 g/mol. The maximum atomic E-state index is 12.7. The summed E-state index contributed by atoms with van der Waals surface area (Å²) in [5.41, 5.74) is 0.296. The van der Waals surface area contributed by atoms with E-state index in [1.165, 1.54) is 0 Å². The molecule has 0 aromatic carbocycles.